The Morgan fingerprint density at radius 1 is 0.590 bits per heavy atom. The summed E-state index contributed by atoms with van der Waals surface area (Å²) in [5, 5.41) is 1.36. The number of benzene rings is 5. The summed E-state index contributed by atoms with van der Waals surface area (Å²) in [7, 11) is 0.689. The van der Waals surface area contributed by atoms with Gasteiger partial charge in [-0.15, -0.1) is 30.6 Å². The molecule has 0 heterocycles. The maximum atomic E-state index is 5.87. The summed E-state index contributed by atoms with van der Waals surface area (Å²) < 4.78 is 0. The average Bonchev–Trinajstić information content (AvgIpc) is 3.01. The summed E-state index contributed by atoms with van der Waals surface area (Å²) in [4.78, 5) is 0. The van der Waals surface area contributed by atoms with Gasteiger partial charge in [0.05, 0.1) is 5.38 Å². The highest BCUT2D eigenvalue weighted by Gasteiger charge is 2.14. The molecule has 0 amide bonds. The second-order valence-corrected chi connectivity index (χ2v) is 10.4. The Kier molecular flexibility index (Phi) is 12.8. The molecule has 0 fully saturated rings. The SMILES string of the molecule is C=CC(Cl)c1ccccc1.Cl.c1ccc(CPC(=C(c2ccccc2)c2ccccc2)c2ccccc2)cc1. The van der Waals surface area contributed by atoms with E-state index in [1.54, 1.807) is 6.08 Å². The van der Waals surface area contributed by atoms with Gasteiger partial charge in [0.1, 0.15) is 0 Å². The number of rotatable bonds is 8. The standard InChI is InChI=1S/C27H23P.C9H9Cl.ClH/c1-5-13-22(14-6-1)21-28-27(25-19-11-4-12-20-25)26(23-15-7-2-8-16-23)24-17-9-3-10-18-24;1-2-9(10)8-6-4-3-5-7-8;/h1-20,28H,21H2;2-7,9H,1H2;1H. The molecule has 5 rings (SSSR count). The van der Waals surface area contributed by atoms with E-state index in [2.05, 4.69) is 128 Å². The maximum Gasteiger partial charge on any atom is 0.0763 e. The van der Waals surface area contributed by atoms with Crippen LogP contribution in [0.2, 0.25) is 0 Å². The van der Waals surface area contributed by atoms with Gasteiger partial charge in [-0.1, -0.05) is 166 Å². The zero-order chi connectivity index (χ0) is 26.4. The molecule has 0 N–H and O–H groups in total. The van der Waals surface area contributed by atoms with Gasteiger partial charge in [-0.05, 0) is 44.9 Å². The topological polar surface area (TPSA) is 0 Å². The zero-order valence-corrected chi connectivity index (χ0v) is 24.4. The van der Waals surface area contributed by atoms with E-state index in [1.807, 2.05) is 30.3 Å². The van der Waals surface area contributed by atoms with E-state index in [-0.39, 0.29) is 17.8 Å². The molecule has 196 valence electrons. The Hall–Kier alpha value is -3.41. The lowest BCUT2D eigenvalue weighted by molar-refractivity contribution is 1.22. The number of alkyl halides is 1. The van der Waals surface area contributed by atoms with Crippen molar-refractivity contribution in [2.75, 3.05) is 0 Å². The van der Waals surface area contributed by atoms with Crippen molar-refractivity contribution in [3.63, 3.8) is 0 Å². The minimum atomic E-state index is -0.0544. The Balaban J connectivity index is 0.000000324. The molecule has 3 heteroatoms. The Bertz CT molecular complexity index is 1360. The molecule has 0 nitrogen and oxygen atoms in total. The second-order valence-electron chi connectivity index (χ2n) is 8.74. The van der Waals surface area contributed by atoms with Crippen LogP contribution in [0.1, 0.15) is 33.2 Å². The van der Waals surface area contributed by atoms with E-state index < -0.39 is 0 Å². The van der Waals surface area contributed by atoms with Gasteiger partial charge in [0, 0.05) is 0 Å². The van der Waals surface area contributed by atoms with Gasteiger partial charge in [-0.2, -0.15) is 0 Å². The summed E-state index contributed by atoms with van der Waals surface area (Å²) in [6, 6.07) is 53.0. The fraction of sp³-hybridized carbons (Fsp3) is 0.0556. The quantitative estimate of drug-likeness (QED) is 0.0757. The van der Waals surface area contributed by atoms with Crippen LogP contribution in [0.5, 0.6) is 0 Å². The zero-order valence-electron chi connectivity index (χ0n) is 21.8. The van der Waals surface area contributed by atoms with E-state index >= 15 is 0 Å². The van der Waals surface area contributed by atoms with Crippen LogP contribution in [0.25, 0.3) is 10.9 Å². The minimum absolute atomic E-state index is 0. The first-order valence-corrected chi connectivity index (χ1v) is 14.4. The summed E-state index contributed by atoms with van der Waals surface area (Å²) in [5.74, 6) is 0. The predicted octanol–water partition coefficient (Wildman–Crippen LogP) is 11.1. The Morgan fingerprint density at radius 3 is 1.41 bits per heavy atom. The fourth-order valence-corrected chi connectivity index (χ4v) is 5.76. The third-order valence-electron chi connectivity index (χ3n) is 6.07. The summed E-state index contributed by atoms with van der Waals surface area (Å²) in [6.45, 7) is 3.61. The van der Waals surface area contributed by atoms with E-state index in [1.165, 1.54) is 33.1 Å². The van der Waals surface area contributed by atoms with Crippen LogP contribution in [0, 0.1) is 0 Å². The molecule has 2 unspecified atom stereocenters. The smallest absolute Gasteiger partial charge is 0.0763 e. The van der Waals surface area contributed by atoms with Gasteiger partial charge < -0.3 is 0 Å². The summed E-state index contributed by atoms with van der Waals surface area (Å²) in [5.41, 5.74) is 7.66. The Labute approximate surface area is 246 Å². The van der Waals surface area contributed by atoms with Gasteiger partial charge in [0.25, 0.3) is 0 Å². The van der Waals surface area contributed by atoms with Gasteiger partial charge in [0.2, 0.25) is 0 Å². The normalized spacial score (nSPS) is 11.0. The van der Waals surface area contributed by atoms with Crippen molar-refractivity contribution in [2.45, 2.75) is 11.5 Å². The molecule has 0 saturated heterocycles. The highest BCUT2D eigenvalue weighted by molar-refractivity contribution is 7.50. The number of halogens is 2. The molecule has 0 saturated carbocycles. The van der Waals surface area contributed by atoms with Crippen LogP contribution >= 0.6 is 32.6 Å². The molecule has 0 spiro atoms. The molecule has 0 aliphatic rings. The molecule has 5 aromatic rings. The summed E-state index contributed by atoms with van der Waals surface area (Å²) in [6.07, 6.45) is 2.77. The Morgan fingerprint density at radius 2 is 0.974 bits per heavy atom. The lowest BCUT2D eigenvalue weighted by Gasteiger charge is -2.17. The number of allylic oxidation sites excluding steroid dienone is 1. The molecule has 5 aromatic carbocycles. The summed E-state index contributed by atoms with van der Waals surface area (Å²) >= 11 is 5.87. The van der Waals surface area contributed by atoms with Gasteiger partial charge in [-0.25, -0.2) is 0 Å². The predicted molar refractivity (Wildman–Crippen MR) is 176 cm³/mol. The van der Waals surface area contributed by atoms with Crippen molar-refractivity contribution in [1.82, 2.24) is 0 Å². The lowest BCUT2D eigenvalue weighted by Crippen LogP contribution is -1.93. The third-order valence-corrected chi connectivity index (χ3v) is 7.98. The third kappa shape index (κ3) is 9.09. The lowest BCUT2D eigenvalue weighted by atomic mass is 9.95. The van der Waals surface area contributed by atoms with Crippen molar-refractivity contribution >= 4 is 43.5 Å². The van der Waals surface area contributed by atoms with Crippen LogP contribution in [-0.4, -0.2) is 0 Å². The molecule has 39 heavy (non-hydrogen) atoms. The molecule has 0 aliphatic heterocycles. The van der Waals surface area contributed by atoms with Crippen molar-refractivity contribution in [3.05, 3.63) is 192 Å². The van der Waals surface area contributed by atoms with Crippen molar-refractivity contribution < 1.29 is 0 Å². The van der Waals surface area contributed by atoms with Crippen LogP contribution in [0.15, 0.2) is 164 Å². The maximum absolute atomic E-state index is 5.87. The van der Waals surface area contributed by atoms with Crippen molar-refractivity contribution in [3.8, 4) is 0 Å². The molecular weight excluding hydrogens is 534 g/mol. The van der Waals surface area contributed by atoms with E-state index in [4.69, 9.17) is 11.6 Å². The second kappa shape index (κ2) is 16.5. The highest BCUT2D eigenvalue weighted by Crippen LogP contribution is 2.44. The van der Waals surface area contributed by atoms with Crippen LogP contribution in [-0.2, 0) is 6.16 Å². The van der Waals surface area contributed by atoms with E-state index in [9.17, 15) is 0 Å². The molecule has 0 bridgehead atoms. The first-order valence-electron chi connectivity index (χ1n) is 12.8. The van der Waals surface area contributed by atoms with Crippen LogP contribution in [0.3, 0.4) is 0 Å². The fourth-order valence-electron chi connectivity index (χ4n) is 4.16. The first kappa shape index (κ1) is 30.1. The van der Waals surface area contributed by atoms with Gasteiger partial charge in [-0.3, -0.25) is 0 Å². The van der Waals surface area contributed by atoms with Gasteiger partial charge >= 0.3 is 0 Å². The van der Waals surface area contributed by atoms with Crippen LogP contribution in [0.4, 0.5) is 0 Å². The van der Waals surface area contributed by atoms with E-state index in [0.717, 1.165) is 11.7 Å². The number of hydrogen-bond acceptors (Lipinski definition) is 0. The van der Waals surface area contributed by atoms with Crippen molar-refractivity contribution in [2.24, 2.45) is 0 Å². The molecular formula is C36H33Cl2P. The molecule has 0 aliphatic carbocycles. The molecule has 0 aromatic heterocycles. The monoisotopic (exact) mass is 566 g/mol. The van der Waals surface area contributed by atoms with E-state index in [0.29, 0.717) is 8.58 Å². The minimum Gasteiger partial charge on any atom is -0.147 e. The first-order chi connectivity index (χ1) is 18.8. The average molecular weight is 568 g/mol. The largest absolute Gasteiger partial charge is 0.147 e. The number of hydrogen-bond donors (Lipinski definition) is 0. The molecule has 0 radical (unpaired) electrons. The highest BCUT2D eigenvalue weighted by atomic mass is 35.5. The van der Waals surface area contributed by atoms with Crippen molar-refractivity contribution in [1.29, 1.82) is 0 Å². The van der Waals surface area contributed by atoms with Gasteiger partial charge in [0.15, 0.2) is 0 Å². The van der Waals surface area contributed by atoms with Crippen LogP contribution < -0.4 is 0 Å². The molecule has 2 atom stereocenters.